The molecular formula is C25H32N2O4S. The Morgan fingerprint density at radius 3 is 2.44 bits per heavy atom. The maximum atomic E-state index is 13.7. The van der Waals surface area contributed by atoms with Crippen molar-refractivity contribution >= 4 is 20.9 Å². The SMILES string of the molecule is COc1ccc2c(c1)c(C)cn2S(=O)(=O)c1ccc(C(C)C)c(OC2CCN(C)CC2)c1. The Bertz CT molecular complexity index is 1220. The number of benzene rings is 2. The summed E-state index contributed by atoms with van der Waals surface area (Å²) in [5, 5.41) is 0.856. The lowest BCUT2D eigenvalue weighted by Gasteiger charge is -2.30. The topological polar surface area (TPSA) is 60.8 Å². The number of piperidine rings is 1. The number of aromatic nitrogens is 1. The van der Waals surface area contributed by atoms with Gasteiger partial charge >= 0.3 is 0 Å². The average Bonchev–Trinajstić information content (AvgIpc) is 3.11. The molecule has 0 aliphatic carbocycles. The summed E-state index contributed by atoms with van der Waals surface area (Å²) in [6.45, 7) is 8.07. The van der Waals surface area contributed by atoms with E-state index in [-0.39, 0.29) is 16.9 Å². The van der Waals surface area contributed by atoms with Gasteiger partial charge in [0.05, 0.1) is 17.5 Å². The summed E-state index contributed by atoms with van der Waals surface area (Å²) in [6, 6.07) is 10.7. The lowest BCUT2D eigenvalue weighted by molar-refractivity contribution is 0.113. The molecule has 0 N–H and O–H groups in total. The van der Waals surface area contributed by atoms with E-state index in [0.717, 1.165) is 42.4 Å². The number of hydrogen-bond acceptors (Lipinski definition) is 5. The second-order valence-electron chi connectivity index (χ2n) is 8.97. The third kappa shape index (κ3) is 4.24. The van der Waals surface area contributed by atoms with Crippen LogP contribution in [-0.4, -0.2) is 50.6 Å². The highest BCUT2D eigenvalue weighted by molar-refractivity contribution is 7.90. The molecule has 7 heteroatoms. The van der Waals surface area contributed by atoms with E-state index < -0.39 is 10.0 Å². The Morgan fingerprint density at radius 1 is 1.06 bits per heavy atom. The molecule has 172 valence electrons. The van der Waals surface area contributed by atoms with Crippen molar-refractivity contribution in [3.8, 4) is 11.5 Å². The van der Waals surface area contributed by atoms with Gasteiger partial charge in [-0.1, -0.05) is 19.9 Å². The fraction of sp³-hybridized carbons (Fsp3) is 0.440. The first kappa shape index (κ1) is 22.7. The van der Waals surface area contributed by atoms with Crippen molar-refractivity contribution in [2.45, 2.75) is 50.5 Å². The maximum absolute atomic E-state index is 13.7. The predicted octanol–water partition coefficient (Wildman–Crippen LogP) is 4.79. The number of likely N-dealkylation sites (tertiary alicyclic amines) is 1. The molecule has 4 rings (SSSR count). The number of fused-ring (bicyclic) bond motifs is 1. The van der Waals surface area contributed by atoms with Crippen molar-refractivity contribution in [1.29, 1.82) is 0 Å². The minimum Gasteiger partial charge on any atom is -0.497 e. The van der Waals surface area contributed by atoms with E-state index >= 15 is 0 Å². The minimum atomic E-state index is -3.79. The molecule has 0 amide bonds. The summed E-state index contributed by atoms with van der Waals surface area (Å²) < 4.78 is 40.4. The molecule has 1 aliphatic rings. The first-order valence-corrected chi connectivity index (χ1v) is 12.5. The summed E-state index contributed by atoms with van der Waals surface area (Å²) >= 11 is 0. The highest BCUT2D eigenvalue weighted by Gasteiger charge is 2.25. The molecule has 1 aromatic heterocycles. The molecule has 1 fully saturated rings. The fourth-order valence-electron chi connectivity index (χ4n) is 4.31. The maximum Gasteiger partial charge on any atom is 0.268 e. The Balaban J connectivity index is 1.75. The average molecular weight is 457 g/mol. The van der Waals surface area contributed by atoms with Crippen LogP contribution in [0.5, 0.6) is 11.5 Å². The summed E-state index contributed by atoms with van der Waals surface area (Å²) in [5.74, 6) is 1.60. The van der Waals surface area contributed by atoms with Gasteiger partial charge in [-0.05, 0) is 68.1 Å². The molecule has 0 atom stereocenters. The molecular weight excluding hydrogens is 424 g/mol. The monoisotopic (exact) mass is 456 g/mol. The zero-order valence-electron chi connectivity index (χ0n) is 19.5. The van der Waals surface area contributed by atoms with E-state index in [2.05, 4.69) is 25.8 Å². The smallest absolute Gasteiger partial charge is 0.268 e. The van der Waals surface area contributed by atoms with E-state index in [1.165, 1.54) is 3.97 Å². The lowest BCUT2D eigenvalue weighted by atomic mass is 10.0. The van der Waals surface area contributed by atoms with E-state index in [0.29, 0.717) is 17.0 Å². The Hall–Kier alpha value is -2.51. The number of rotatable bonds is 6. The van der Waals surface area contributed by atoms with Crippen LogP contribution >= 0.6 is 0 Å². The van der Waals surface area contributed by atoms with Gasteiger partial charge < -0.3 is 14.4 Å². The minimum absolute atomic E-state index is 0.101. The van der Waals surface area contributed by atoms with E-state index in [1.807, 2.05) is 19.1 Å². The zero-order chi connectivity index (χ0) is 23.0. The summed E-state index contributed by atoms with van der Waals surface area (Å²) in [5.41, 5.74) is 2.54. The van der Waals surface area contributed by atoms with E-state index in [4.69, 9.17) is 9.47 Å². The first-order chi connectivity index (χ1) is 15.2. The molecule has 1 aliphatic heterocycles. The van der Waals surface area contributed by atoms with Crippen LogP contribution in [0.25, 0.3) is 10.9 Å². The van der Waals surface area contributed by atoms with Crippen LogP contribution in [0.4, 0.5) is 0 Å². The number of nitrogens with zero attached hydrogens (tertiary/aromatic N) is 2. The number of hydrogen-bond donors (Lipinski definition) is 0. The van der Waals surface area contributed by atoms with Crippen LogP contribution < -0.4 is 9.47 Å². The van der Waals surface area contributed by atoms with Crippen LogP contribution in [0.2, 0.25) is 0 Å². The van der Waals surface area contributed by atoms with Gasteiger partial charge in [0.25, 0.3) is 10.0 Å². The summed E-state index contributed by atoms with van der Waals surface area (Å²) in [4.78, 5) is 2.52. The van der Waals surface area contributed by atoms with Crippen LogP contribution in [-0.2, 0) is 10.0 Å². The highest BCUT2D eigenvalue weighted by atomic mass is 32.2. The summed E-state index contributed by atoms with van der Waals surface area (Å²) in [7, 11) is -0.0746. The van der Waals surface area contributed by atoms with Crippen molar-refractivity contribution in [1.82, 2.24) is 8.87 Å². The molecule has 32 heavy (non-hydrogen) atoms. The third-order valence-corrected chi connectivity index (χ3v) is 7.97. The number of methoxy groups -OCH3 is 1. The molecule has 6 nitrogen and oxygen atoms in total. The Morgan fingerprint density at radius 2 is 1.78 bits per heavy atom. The van der Waals surface area contributed by atoms with Crippen molar-refractivity contribution < 1.29 is 17.9 Å². The van der Waals surface area contributed by atoms with Gasteiger partial charge in [0.1, 0.15) is 17.6 Å². The van der Waals surface area contributed by atoms with Crippen LogP contribution in [0, 0.1) is 6.92 Å². The Kier molecular flexibility index (Phi) is 6.23. The van der Waals surface area contributed by atoms with Crippen molar-refractivity contribution in [2.75, 3.05) is 27.2 Å². The fourth-order valence-corrected chi connectivity index (χ4v) is 5.75. The largest absolute Gasteiger partial charge is 0.497 e. The first-order valence-electron chi connectivity index (χ1n) is 11.1. The molecule has 0 saturated carbocycles. The summed E-state index contributed by atoms with van der Waals surface area (Å²) in [6.07, 6.45) is 3.65. The molecule has 3 aromatic rings. The number of ether oxygens (including phenoxy) is 2. The van der Waals surface area contributed by atoms with Gasteiger partial charge in [-0.2, -0.15) is 0 Å². The third-order valence-electron chi connectivity index (χ3n) is 6.30. The van der Waals surface area contributed by atoms with Crippen molar-refractivity contribution in [3.05, 3.63) is 53.7 Å². The zero-order valence-corrected chi connectivity index (χ0v) is 20.3. The quantitative estimate of drug-likeness (QED) is 0.534. The van der Waals surface area contributed by atoms with Gasteiger partial charge in [0.15, 0.2) is 0 Å². The van der Waals surface area contributed by atoms with Crippen molar-refractivity contribution in [2.24, 2.45) is 0 Å². The predicted molar refractivity (Wildman–Crippen MR) is 127 cm³/mol. The van der Waals surface area contributed by atoms with Crippen LogP contribution in [0.15, 0.2) is 47.5 Å². The normalized spacial score (nSPS) is 16.1. The molecule has 0 spiro atoms. The molecule has 0 unspecified atom stereocenters. The van der Waals surface area contributed by atoms with Gasteiger partial charge in [0.2, 0.25) is 0 Å². The van der Waals surface area contributed by atoms with E-state index in [1.54, 1.807) is 37.6 Å². The van der Waals surface area contributed by atoms with Crippen LogP contribution in [0.3, 0.4) is 0 Å². The molecule has 0 radical (unpaired) electrons. The van der Waals surface area contributed by atoms with Gasteiger partial charge in [-0.15, -0.1) is 0 Å². The van der Waals surface area contributed by atoms with Crippen LogP contribution in [0.1, 0.15) is 43.7 Å². The second-order valence-corrected chi connectivity index (χ2v) is 10.8. The second kappa shape index (κ2) is 8.79. The van der Waals surface area contributed by atoms with E-state index in [9.17, 15) is 8.42 Å². The number of aryl methyl sites for hydroxylation is 1. The lowest BCUT2D eigenvalue weighted by Crippen LogP contribution is -2.35. The van der Waals surface area contributed by atoms with Gasteiger partial charge in [-0.25, -0.2) is 12.4 Å². The van der Waals surface area contributed by atoms with Gasteiger partial charge in [-0.3, -0.25) is 0 Å². The highest BCUT2D eigenvalue weighted by Crippen LogP contribution is 2.34. The molecule has 0 bridgehead atoms. The standard InChI is InChI=1S/C25H32N2O4S/c1-17(2)22-8-7-21(15-25(22)31-19-10-12-26(4)13-11-19)32(28,29)27-16-18(3)23-14-20(30-5)6-9-24(23)27/h6-9,14-17,19H,10-13H2,1-5H3. The molecule has 2 heterocycles. The molecule has 2 aromatic carbocycles. The van der Waals surface area contributed by atoms with Crippen molar-refractivity contribution in [3.63, 3.8) is 0 Å². The Labute approximate surface area is 190 Å². The van der Waals surface area contributed by atoms with Gasteiger partial charge in [0, 0.05) is 30.7 Å². The molecule has 1 saturated heterocycles.